The smallest absolute Gasteiger partial charge is 0.227 e. The van der Waals surface area contributed by atoms with Crippen molar-refractivity contribution >= 4 is 34.3 Å². The molecular formula is C20H23FN8O2S. The summed E-state index contributed by atoms with van der Waals surface area (Å²) in [5.74, 6) is 2.09. The molecule has 12 heteroatoms. The highest BCUT2D eigenvalue weighted by Crippen LogP contribution is 2.28. The predicted octanol–water partition coefficient (Wildman–Crippen LogP) is 1.87. The molecule has 2 aromatic heterocycles. The van der Waals surface area contributed by atoms with E-state index in [2.05, 4.69) is 35.3 Å². The normalized spacial score (nSPS) is 14.8. The maximum absolute atomic E-state index is 13.2. The highest BCUT2D eigenvalue weighted by atomic mass is 32.2. The number of hydrogen-bond acceptors (Lipinski definition) is 9. The van der Waals surface area contributed by atoms with Gasteiger partial charge in [-0.1, -0.05) is 12.1 Å². The number of nitrogens with one attached hydrogen (secondary N) is 3. The van der Waals surface area contributed by atoms with Crippen molar-refractivity contribution in [2.75, 3.05) is 35.2 Å². The van der Waals surface area contributed by atoms with Crippen LogP contribution in [0.4, 0.5) is 27.8 Å². The second-order valence-corrected chi connectivity index (χ2v) is 8.29. The Balaban J connectivity index is 1.52. The molecule has 0 spiro atoms. The molecule has 4 rings (SSSR count). The van der Waals surface area contributed by atoms with Gasteiger partial charge < -0.3 is 15.5 Å². The van der Waals surface area contributed by atoms with Crippen LogP contribution in [0.3, 0.4) is 0 Å². The molecule has 168 valence electrons. The van der Waals surface area contributed by atoms with E-state index in [1.54, 1.807) is 36.8 Å². The summed E-state index contributed by atoms with van der Waals surface area (Å²) in [4.78, 5) is 19.5. The van der Waals surface area contributed by atoms with Crippen LogP contribution in [0.5, 0.6) is 0 Å². The van der Waals surface area contributed by atoms with Crippen molar-refractivity contribution in [1.82, 2.24) is 24.7 Å². The SMILES string of the molecule is CC(Nc1nc(Nc2cnccn2)cc(N2CC(CN[SH](=O)=O)C2)n1)c1ccc(F)cc1. The van der Waals surface area contributed by atoms with Crippen LogP contribution in [0.2, 0.25) is 0 Å². The van der Waals surface area contributed by atoms with E-state index >= 15 is 0 Å². The molecule has 10 nitrogen and oxygen atoms in total. The molecule has 0 saturated carbocycles. The van der Waals surface area contributed by atoms with Gasteiger partial charge >= 0.3 is 0 Å². The van der Waals surface area contributed by atoms with Gasteiger partial charge in [-0.25, -0.2) is 22.5 Å². The average molecular weight is 459 g/mol. The first-order valence-electron chi connectivity index (χ1n) is 10.0. The van der Waals surface area contributed by atoms with Gasteiger partial charge in [-0.2, -0.15) is 9.97 Å². The van der Waals surface area contributed by atoms with Gasteiger partial charge in [0.15, 0.2) is 0 Å². The fourth-order valence-corrected chi connectivity index (χ4v) is 3.75. The second-order valence-electron chi connectivity index (χ2n) is 7.46. The summed E-state index contributed by atoms with van der Waals surface area (Å²) < 4.78 is 37.2. The van der Waals surface area contributed by atoms with E-state index in [-0.39, 0.29) is 17.8 Å². The van der Waals surface area contributed by atoms with Gasteiger partial charge in [-0.05, 0) is 24.6 Å². The topological polar surface area (TPSA) is 125 Å². The Kier molecular flexibility index (Phi) is 6.71. The molecule has 3 heterocycles. The van der Waals surface area contributed by atoms with E-state index < -0.39 is 10.9 Å². The molecular weight excluding hydrogens is 435 g/mol. The molecule has 1 atom stereocenters. The van der Waals surface area contributed by atoms with E-state index in [1.807, 2.05) is 11.8 Å². The number of anilines is 4. The summed E-state index contributed by atoms with van der Waals surface area (Å²) in [6.45, 7) is 3.68. The van der Waals surface area contributed by atoms with Crippen LogP contribution in [0.15, 0.2) is 48.9 Å². The summed E-state index contributed by atoms with van der Waals surface area (Å²) in [5, 5.41) is 6.38. The van der Waals surface area contributed by atoms with Crippen molar-refractivity contribution in [3.05, 3.63) is 60.3 Å². The number of benzene rings is 1. The predicted molar refractivity (Wildman–Crippen MR) is 120 cm³/mol. The Morgan fingerprint density at radius 2 is 1.94 bits per heavy atom. The van der Waals surface area contributed by atoms with Crippen LogP contribution in [0, 0.1) is 11.7 Å². The lowest BCUT2D eigenvalue weighted by Crippen LogP contribution is -2.51. The van der Waals surface area contributed by atoms with Crippen LogP contribution in [-0.2, 0) is 10.9 Å². The zero-order valence-electron chi connectivity index (χ0n) is 17.3. The lowest BCUT2D eigenvalue weighted by Gasteiger charge is -2.40. The average Bonchev–Trinajstić information content (AvgIpc) is 2.73. The Morgan fingerprint density at radius 1 is 1.16 bits per heavy atom. The van der Waals surface area contributed by atoms with Crippen molar-refractivity contribution in [2.24, 2.45) is 5.92 Å². The van der Waals surface area contributed by atoms with E-state index in [9.17, 15) is 12.8 Å². The summed E-state index contributed by atoms with van der Waals surface area (Å²) in [6, 6.07) is 7.90. The third kappa shape index (κ3) is 5.65. The number of hydrogen-bond donors (Lipinski definition) is 4. The summed E-state index contributed by atoms with van der Waals surface area (Å²) >= 11 is 0. The number of nitrogens with zero attached hydrogens (tertiary/aromatic N) is 5. The maximum Gasteiger partial charge on any atom is 0.227 e. The van der Waals surface area contributed by atoms with Crippen molar-refractivity contribution in [3.63, 3.8) is 0 Å². The molecule has 0 bridgehead atoms. The van der Waals surface area contributed by atoms with E-state index in [0.717, 1.165) is 5.56 Å². The molecule has 1 unspecified atom stereocenters. The van der Waals surface area contributed by atoms with Crippen LogP contribution >= 0.6 is 0 Å². The summed E-state index contributed by atoms with van der Waals surface area (Å²) in [5.41, 5.74) is 0.894. The molecule has 0 amide bonds. The van der Waals surface area contributed by atoms with Gasteiger partial charge in [0.1, 0.15) is 23.3 Å². The fourth-order valence-electron chi connectivity index (χ4n) is 3.34. The first kappa shape index (κ1) is 21.8. The number of halogens is 1. The third-order valence-electron chi connectivity index (χ3n) is 5.04. The van der Waals surface area contributed by atoms with Crippen LogP contribution in [0.25, 0.3) is 0 Å². The maximum atomic E-state index is 13.2. The molecule has 3 N–H and O–H groups in total. The van der Waals surface area contributed by atoms with Crippen LogP contribution in [0.1, 0.15) is 18.5 Å². The minimum atomic E-state index is -2.60. The Labute approximate surface area is 186 Å². The van der Waals surface area contributed by atoms with Crippen LogP contribution < -0.4 is 20.3 Å². The zero-order valence-corrected chi connectivity index (χ0v) is 18.2. The first-order valence-corrected chi connectivity index (χ1v) is 11.2. The second kappa shape index (κ2) is 9.83. The highest BCUT2D eigenvalue weighted by molar-refractivity contribution is 7.70. The highest BCUT2D eigenvalue weighted by Gasteiger charge is 2.28. The molecule has 1 aliphatic heterocycles. The Morgan fingerprint density at radius 3 is 2.62 bits per heavy atom. The minimum Gasteiger partial charge on any atom is -0.356 e. The molecule has 32 heavy (non-hydrogen) atoms. The van der Waals surface area contributed by atoms with Crippen molar-refractivity contribution in [3.8, 4) is 0 Å². The van der Waals surface area contributed by atoms with Crippen molar-refractivity contribution < 1.29 is 12.8 Å². The minimum absolute atomic E-state index is 0.156. The quantitative estimate of drug-likeness (QED) is 0.356. The van der Waals surface area contributed by atoms with Gasteiger partial charge in [0.05, 0.1) is 12.2 Å². The third-order valence-corrected chi connectivity index (χ3v) is 5.48. The van der Waals surface area contributed by atoms with Gasteiger partial charge in [0, 0.05) is 44.0 Å². The Hall–Kier alpha value is -3.38. The molecule has 0 radical (unpaired) electrons. The number of aromatic nitrogens is 4. The molecule has 1 saturated heterocycles. The van der Waals surface area contributed by atoms with E-state index in [1.165, 1.54) is 12.1 Å². The Bertz CT molecular complexity index is 1120. The number of rotatable bonds is 9. The van der Waals surface area contributed by atoms with Gasteiger partial charge in [-0.3, -0.25) is 4.98 Å². The van der Waals surface area contributed by atoms with Crippen molar-refractivity contribution in [1.29, 1.82) is 0 Å². The summed E-state index contributed by atoms with van der Waals surface area (Å²) in [7, 11) is -2.60. The van der Waals surface area contributed by atoms with Gasteiger partial charge in [-0.15, -0.1) is 0 Å². The fraction of sp³-hybridized carbons (Fsp3) is 0.300. The van der Waals surface area contributed by atoms with Gasteiger partial charge in [0.2, 0.25) is 16.8 Å². The van der Waals surface area contributed by atoms with Crippen molar-refractivity contribution in [2.45, 2.75) is 13.0 Å². The molecule has 0 aliphatic carbocycles. The first-order chi connectivity index (χ1) is 15.5. The van der Waals surface area contributed by atoms with E-state index in [0.29, 0.717) is 43.0 Å². The monoisotopic (exact) mass is 458 g/mol. The molecule has 1 aromatic carbocycles. The van der Waals surface area contributed by atoms with E-state index in [4.69, 9.17) is 0 Å². The lowest BCUT2D eigenvalue weighted by molar-refractivity contribution is 0.405. The zero-order chi connectivity index (χ0) is 22.5. The van der Waals surface area contributed by atoms with Gasteiger partial charge in [0.25, 0.3) is 0 Å². The molecule has 1 aliphatic rings. The number of thiol groups is 1. The van der Waals surface area contributed by atoms with Crippen LogP contribution in [-0.4, -0.2) is 48.0 Å². The molecule has 3 aromatic rings. The summed E-state index contributed by atoms with van der Waals surface area (Å²) in [6.07, 6.45) is 4.75. The lowest BCUT2D eigenvalue weighted by atomic mass is 10.0. The molecule has 1 fully saturated rings. The standard InChI is InChI=1S/C20H23FN8O2S/c1-13(15-2-4-16(21)5-3-15)25-20-27-17(26-18-10-22-6-7-23-18)8-19(28-20)29-11-14(12-29)9-24-32(30)31/h2-8,10,13-14,32H,9,11-12H2,1H3,(H,24,30,31)(H2,23,25,26,27,28). The largest absolute Gasteiger partial charge is 0.356 e.